The molecule has 1 saturated heterocycles. The van der Waals surface area contributed by atoms with E-state index in [1.807, 2.05) is 6.92 Å². The minimum absolute atomic E-state index is 0.0484. The van der Waals surface area contributed by atoms with E-state index in [1.54, 1.807) is 0 Å². The highest BCUT2D eigenvalue weighted by molar-refractivity contribution is 6.62. The topological polar surface area (TPSA) is 44.8 Å². The van der Waals surface area contributed by atoms with Crippen LogP contribution in [-0.2, 0) is 18.8 Å². The molecule has 0 amide bonds. The first-order valence-electron chi connectivity index (χ1n) is 10.3. The van der Waals surface area contributed by atoms with Gasteiger partial charge in [0.1, 0.15) is 0 Å². The molecule has 0 aromatic heterocycles. The van der Waals surface area contributed by atoms with Crippen molar-refractivity contribution in [3.8, 4) is 0 Å². The Hall–Kier alpha value is -1.33. The van der Waals surface area contributed by atoms with Crippen LogP contribution in [-0.4, -0.2) is 30.9 Å². The lowest BCUT2D eigenvalue weighted by Crippen LogP contribution is -2.41. The summed E-state index contributed by atoms with van der Waals surface area (Å²) in [6.07, 6.45) is 5.05. The van der Waals surface area contributed by atoms with Crippen molar-refractivity contribution < 1.29 is 18.8 Å². The highest BCUT2D eigenvalue weighted by Crippen LogP contribution is 2.38. The van der Waals surface area contributed by atoms with Gasteiger partial charge in [0.15, 0.2) is 0 Å². The number of carbonyl (C=O) groups excluding carboxylic acids is 1. The second-order valence-corrected chi connectivity index (χ2v) is 8.98. The Kier molecular flexibility index (Phi) is 6.02. The summed E-state index contributed by atoms with van der Waals surface area (Å²) in [7, 11) is -0.302. The highest BCUT2D eigenvalue weighted by atomic mass is 16.7. The Morgan fingerprint density at radius 1 is 1.04 bits per heavy atom. The molecule has 5 heteroatoms. The zero-order valence-corrected chi connectivity index (χ0v) is 17.4. The molecule has 0 unspecified atom stereocenters. The van der Waals surface area contributed by atoms with Gasteiger partial charge in [0, 0.05) is 6.42 Å². The van der Waals surface area contributed by atoms with E-state index in [1.165, 1.54) is 5.56 Å². The largest absolute Gasteiger partial charge is 0.494 e. The van der Waals surface area contributed by atoms with E-state index in [4.69, 9.17) is 14.0 Å². The third kappa shape index (κ3) is 4.57. The van der Waals surface area contributed by atoms with Crippen molar-refractivity contribution in [2.45, 2.75) is 83.8 Å². The molecule has 1 aromatic rings. The minimum Gasteiger partial charge on any atom is -0.466 e. The van der Waals surface area contributed by atoms with Crippen LogP contribution < -0.4 is 5.46 Å². The summed E-state index contributed by atoms with van der Waals surface area (Å²) in [5, 5.41) is 0. The van der Waals surface area contributed by atoms with Crippen molar-refractivity contribution in [1.82, 2.24) is 0 Å². The van der Waals surface area contributed by atoms with Crippen LogP contribution in [0.1, 0.15) is 78.2 Å². The number of ether oxygens (including phenoxy) is 1. The van der Waals surface area contributed by atoms with Crippen LogP contribution >= 0.6 is 0 Å². The first kappa shape index (κ1) is 20.4. The lowest BCUT2D eigenvalue weighted by atomic mass is 9.75. The van der Waals surface area contributed by atoms with Crippen LogP contribution in [0.15, 0.2) is 24.3 Å². The normalized spacial score (nSPS) is 26.8. The van der Waals surface area contributed by atoms with Crippen molar-refractivity contribution in [2.24, 2.45) is 5.92 Å². The van der Waals surface area contributed by atoms with Gasteiger partial charge < -0.3 is 14.0 Å². The fourth-order valence-electron chi connectivity index (χ4n) is 4.06. The van der Waals surface area contributed by atoms with Crippen LogP contribution in [0.5, 0.6) is 0 Å². The molecule has 148 valence electrons. The quantitative estimate of drug-likeness (QED) is 0.574. The number of esters is 1. The molecule has 1 aliphatic carbocycles. The molecule has 1 aliphatic heterocycles. The zero-order chi connectivity index (χ0) is 19.7. The molecular weight excluding hydrogens is 339 g/mol. The molecule has 0 bridgehead atoms. The molecule has 4 nitrogen and oxygen atoms in total. The summed E-state index contributed by atoms with van der Waals surface area (Å²) in [6.45, 7) is 10.7. The first-order valence-corrected chi connectivity index (χ1v) is 10.3. The van der Waals surface area contributed by atoms with Gasteiger partial charge in [0.2, 0.25) is 0 Å². The van der Waals surface area contributed by atoms with Crippen LogP contribution in [0.25, 0.3) is 0 Å². The number of carbonyl (C=O) groups is 1. The lowest BCUT2D eigenvalue weighted by Gasteiger charge is -2.32. The standard InChI is InChI=1S/C22H33BO4/c1-6-25-20(24)15-16-7-9-17(10-8-16)18-11-13-19(14-12-18)23-26-21(2,3)22(4,5)27-23/h11-14,16-17H,6-10,15H2,1-5H3. The van der Waals surface area contributed by atoms with E-state index in [9.17, 15) is 4.79 Å². The molecule has 1 heterocycles. The maximum Gasteiger partial charge on any atom is 0.494 e. The van der Waals surface area contributed by atoms with Crippen LogP contribution in [0.4, 0.5) is 0 Å². The Morgan fingerprint density at radius 3 is 2.11 bits per heavy atom. The minimum atomic E-state index is -0.312. The molecule has 0 N–H and O–H groups in total. The van der Waals surface area contributed by atoms with Gasteiger partial charge in [-0.1, -0.05) is 24.3 Å². The van der Waals surface area contributed by atoms with Gasteiger partial charge in [-0.15, -0.1) is 0 Å². The van der Waals surface area contributed by atoms with Crippen LogP contribution in [0.3, 0.4) is 0 Å². The van der Waals surface area contributed by atoms with Gasteiger partial charge in [-0.3, -0.25) is 4.79 Å². The first-order chi connectivity index (χ1) is 12.7. The predicted octanol–water partition coefficient (Wildman–Crippen LogP) is 4.21. The number of hydrogen-bond acceptors (Lipinski definition) is 4. The van der Waals surface area contributed by atoms with Crippen molar-refractivity contribution >= 4 is 18.6 Å². The van der Waals surface area contributed by atoms with Gasteiger partial charge in [-0.05, 0) is 83.2 Å². The number of rotatable bonds is 5. The van der Waals surface area contributed by atoms with Crippen molar-refractivity contribution in [3.63, 3.8) is 0 Å². The van der Waals surface area contributed by atoms with E-state index in [0.717, 1.165) is 31.1 Å². The van der Waals surface area contributed by atoms with E-state index in [-0.39, 0.29) is 24.3 Å². The summed E-state index contributed by atoms with van der Waals surface area (Å²) in [5.41, 5.74) is 1.83. The molecule has 2 aliphatic rings. The summed E-state index contributed by atoms with van der Waals surface area (Å²) in [5.74, 6) is 1.01. The van der Waals surface area contributed by atoms with Gasteiger partial charge in [0.05, 0.1) is 17.8 Å². The molecule has 0 atom stereocenters. The third-order valence-corrected chi connectivity index (χ3v) is 6.54. The monoisotopic (exact) mass is 372 g/mol. The molecule has 27 heavy (non-hydrogen) atoms. The fourth-order valence-corrected chi connectivity index (χ4v) is 4.06. The van der Waals surface area contributed by atoms with Gasteiger partial charge in [-0.2, -0.15) is 0 Å². The maximum atomic E-state index is 11.7. The zero-order valence-electron chi connectivity index (χ0n) is 17.4. The lowest BCUT2D eigenvalue weighted by molar-refractivity contribution is -0.144. The van der Waals surface area contributed by atoms with Gasteiger partial charge >= 0.3 is 13.1 Å². The van der Waals surface area contributed by atoms with E-state index in [2.05, 4.69) is 52.0 Å². The smallest absolute Gasteiger partial charge is 0.466 e. The Labute approximate surface area is 164 Å². The van der Waals surface area contributed by atoms with Crippen molar-refractivity contribution in [1.29, 1.82) is 0 Å². The Balaban J connectivity index is 1.55. The average molecular weight is 372 g/mol. The van der Waals surface area contributed by atoms with Crippen LogP contribution in [0.2, 0.25) is 0 Å². The predicted molar refractivity (Wildman–Crippen MR) is 108 cm³/mol. The van der Waals surface area contributed by atoms with Gasteiger partial charge in [-0.25, -0.2) is 0 Å². The summed E-state index contributed by atoms with van der Waals surface area (Å²) in [4.78, 5) is 11.7. The number of hydrogen-bond donors (Lipinski definition) is 0. The van der Waals surface area contributed by atoms with E-state index in [0.29, 0.717) is 24.9 Å². The third-order valence-electron chi connectivity index (χ3n) is 6.54. The summed E-state index contributed by atoms with van der Waals surface area (Å²) < 4.78 is 17.4. The highest BCUT2D eigenvalue weighted by Gasteiger charge is 2.51. The molecule has 3 rings (SSSR count). The van der Waals surface area contributed by atoms with E-state index >= 15 is 0 Å². The molecular formula is C22H33BO4. The van der Waals surface area contributed by atoms with Gasteiger partial charge in [0.25, 0.3) is 0 Å². The molecule has 2 fully saturated rings. The Bertz CT molecular complexity index is 629. The van der Waals surface area contributed by atoms with Crippen molar-refractivity contribution in [3.05, 3.63) is 29.8 Å². The molecule has 0 radical (unpaired) electrons. The number of benzene rings is 1. The average Bonchev–Trinajstić information content (AvgIpc) is 2.84. The van der Waals surface area contributed by atoms with E-state index < -0.39 is 0 Å². The summed E-state index contributed by atoms with van der Waals surface area (Å²) in [6, 6.07) is 8.72. The second-order valence-electron chi connectivity index (χ2n) is 8.98. The maximum absolute atomic E-state index is 11.7. The summed E-state index contributed by atoms with van der Waals surface area (Å²) >= 11 is 0. The molecule has 0 spiro atoms. The van der Waals surface area contributed by atoms with Crippen LogP contribution in [0, 0.1) is 5.92 Å². The fraction of sp³-hybridized carbons (Fsp3) is 0.682. The van der Waals surface area contributed by atoms with Crippen molar-refractivity contribution in [2.75, 3.05) is 6.61 Å². The Morgan fingerprint density at radius 2 is 1.59 bits per heavy atom. The molecule has 1 saturated carbocycles. The second kappa shape index (κ2) is 7.96. The molecule has 1 aromatic carbocycles. The SMILES string of the molecule is CCOC(=O)CC1CCC(c2ccc(B3OC(C)(C)C(C)(C)O3)cc2)CC1.